The first-order valence-corrected chi connectivity index (χ1v) is 5.69. The summed E-state index contributed by atoms with van der Waals surface area (Å²) in [6.45, 7) is 0. The molecule has 7 heteroatoms. The van der Waals surface area contributed by atoms with Gasteiger partial charge < -0.3 is 14.8 Å². The van der Waals surface area contributed by atoms with Crippen LogP contribution in [0.1, 0.15) is 16.8 Å². The van der Waals surface area contributed by atoms with Gasteiger partial charge in [-0.15, -0.1) is 0 Å². The van der Waals surface area contributed by atoms with Crippen LogP contribution in [0, 0.1) is 5.82 Å². The summed E-state index contributed by atoms with van der Waals surface area (Å²) in [5, 5.41) is 2.30. The van der Waals surface area contributed by atoms with E-state index in [9.17, 15) is 18.8 Å². The van der Waals surface area contributed by atoms with E-state index in [1.54, 1.807) is 0 Å². The molecule has 20 heavy (non-hydrogen) atoms. The predicted molar refractivity (Wildman–Crippen MR) is 66.3 cm³/mol. The van der Waals surface area contributed by atoms with Crippen molar-refractivity contribution in [2.45, 2.75) is 12.5 Å². The number of methoxy groups -OCH3 is 2. The molecular formula is C13H14FNO5. The minimum absolute atomic E-state index is 0.0313. The Labute approximate surface area is 114 Å². The van der Waals surface area contributed by atoms with Gasteiger partial charge in [-0.2, -0.15) is 0 Å². The molecule has 0 bridgehead atoms. The molecule has 0 saturated heterocycles. The number of benzene rings is 1. The number of amides is 1. The number of hydrogen-bond acceptors (Lipinski definition) is 5. The molecule has 1 atom stereocenters. The lowest BCUT2D eigenvalue weighted by Gasteiger charge is -2.15. The normalized spacial score (nSPS) is 11.3. The van der Waals surface area contributed by atoms with E-state index in [-0.39, 0.29) is 12.0 Å². The van der Waals surface area contributed by atoms with Crippen molar-refractivity contribution in [3.05, 3.63) is 35.6 Å². The fourth-order valence-corrected chi connectivity index (χ4v) is 1.46. The predicted octanol–water partition coefficient (Wildman–Crippen LogP) is 0.660. The second-order valence-electron chi connectivity index (χ2n) is 3.84. The van der Waals surface area contributed by atoms with Gasteiger partial charge in [0.15, 0.2) is 0 Å². The molecule has 0 saturated carbocycles. The molecule has 6 nitrogen and oxygen atoms in total. The average Bonchev–Trinajstić information content (AvgIpc) is 2.45. The Bertz CT molecular complexity index is 517. The number of carbonyl (C=O) groups excluding carboxylic acids is 3. The SMILES string of the molecule is COC(=O)C[C@@H](NC(=O)c1cccc(F)c1)C(=O)OC. The molecule has 0 aliphatic heterocycles. The van der Waals surface area contributed by atoms with Crippen molar-refractivity contribution >= 4 is 17.8 Å². The Morgan fingerprint density at radius 3 is 2.50 bits per heavy atom. The average molecular weight is 283 g/mol. The molecule has 0 unspecified atom stereocenters. The van der Waals surface area contributed by atoms with Crippen molar-refractivity contribution in [2.75, 3.05) is 14.2 Å². The van der Waals surface area contributed by atoms with Crippen LogP contribution in [0.3, 0.4) is 0 Å². The zero-order valence-corrected chi connectivity index (χ0v) is 11.0. The molecule has 0 heterocycles. The van der Waals surface area contributed by atoms with Crippen LogP contribution >= 0.6 is 0 Å². The molecular weight excluding hydrogens is 269 g/mol. The first kappa shape index (κ1) is 15.6. The van der Waals surface area contributed by atoms with Crippen molar-refractivity contribution in [3.63, 3.8) is 0 Å². The first-order valence-electron chi connectivity index (χ1n) is 5.69. The Kier molecular flexibility index (Phi) is 5.64. The highest BCUT2D eigenvalue weighted by Crippen LogP contribution is 2.05. The molecule has 1 N–H and O–H groups in total. The standard InChI is InChI=1S/C13H14FNO5/c1-19-11(16)7-10(13(18)20-2)15-12(17)8-4-3-5-9(14)6-8/h3-6,10H,7H2,1-2H3,(H,15,17)/t10-/m1/s1. The fourth-order valence-electron chi connectivity index (χ4n) is 1.46. The van der Waals surface area contributed by atoms with E-state index in [2.05, 4.69) is 14.8 Å². The van der Waals surface area contributed by atoms with Crippen molar-refractivity contribution in [3.8, 4) is 0 Å². The minimum atomic E-state index is -1.19. The summed E-state index contributed by atoms with van der Waals surface area (Å²) < 4.78 is 21.9. The van der Waals surface area contributed by atoms with Gasteiger partial charge in [-0.05, 0) is 18.2 Å². The Morgan fingerprint density at radius 1 is 1.25 bits per heavy atom. The number of esters is 2. The van der Waals surface area contributed by atoms with Crippen LogP contribution in [0.25, 0.3) is 0 Å². The lowest BCUT2D eigenvalue weighted by molar-refractivity contribution is -0.149. The van der Waals surface area contributed by atoms with E-state index in [1.165, 1.54) is 18.2 Å². The molecule has 0 fully saturated rings. The van der Waals surface area contributed by atoms with E-state index in [0.717, 1.165) is 20.3 Å². The number of rotatable bonds is 5. The third kappa shape index (κ3) is 4.34. The molecule has 0 spiro atoms. The topological polar surface area (TPSA) is 81.7 Å². The van der Waals surface area contributed by atoms with Gasteiger partial charge in [0.25, 0.3) is 5.91 Å². The molecule has 1 aromatic carbocycles. The van der Waals surface area contributed by atoms with E-state index in [0.29, 0.717) is 0 Å². The quantitative estimate of drug-likeness (QED) is 0.803. The summed E-state index contributed by atoms with van der Waals surface area (Å²) in [4.78, 5) is 34.5. The molecule has 1 rings (SSSR count). The third-order valence-electron chi connectivity index (χ3n) is 2.48. The summed E-state index contributed by atoms with van der Waals surface area (Å²) in [6, 6.07) is 3.75. The number of halogens is 1. The van der Waals surface area contributed by atoms with E-state index < -0.39 is 29.7 Å². The van der Waals surface area contributed by atoms with Crippen LogP contribution in [0.5, 0.6) is 0 Å². The lowest BCUT2D eigenvalue weighted by Crippen LogP contribution is -2.43. The van der Waals surface area contributed by atoms with Crippen molar-refractivity contribution in [1.82, 2.24) is 5.32 Å². The van der Waals surface area contributed by atoms with Crippen molar-refractivity contribution in [2.24, 2.45) is 0 Å². The van der Waals surface area contributed by atoms with Gasteiger partial charge in [0.05, 0.1) is 20.6 Å². The van der Waals surface area contributed by atoms with Crippen molar-refractivity contribution in [1.29, 1.82) is 0 Å². The second kappa shape index (κ2) is 7.22. The van der Waals surface area contributed by atoms with Crippen LogP contribution in [0.4, 0.5) is 4.39 Å². The number of carbonyl (C=O) groups is 3. The van der Waals surface area contributed by atoms with Crippen LogP contribution in [0.15, 0.2) is 24.3 Å². The van der Waals surface area contributed by atoms with E-state index in [4.69, 9.17) is 0 Å². The zero-order chi connectivity index (χ0) is 15.1. The maximum Gasteiger partial charge on any atom is 0.328 e. The van der Waals surface area contributed by atoms with Crippen molar-refractivity contribution < 1.29 is 28.2 Å². The monoisotopic (exact) mass is 283 g/mol. The van der Waals surface area contributed by atoms with Crippen LogP contribution in [-0.4, -0.2) is 38.1 Å². The largest absolute Gasteiger partial charge is 0.469 e. The van der Waals surface area contributed by atoms with E-state index >= 15 is 0 Å². The molecule has 1 amide bonds. The molecule has 0 aliphatic rings. The molecule has 108 valence electrons. The van der Waals surface area contributed by atoms with Gasteiger partial charge in [-0.25, -0.2) is 9.18 Å². The van der Waals surface area contributed by atoms with Crippen LogP contribution < -0.4 is 5.32 Å². The van der Waals surface area contributed by atoms with Gasteiger partial charge in [0.1, 0.15) is 11.9 Å². The summed E-state index contributed by atoms with van der Waals surface area (Å²) in [5.41, 5.74) is 0.0313. The van der Waals surface area contributed by atoms with Gasteiger partial charge in [0, 0.05) is 5.56 Å². The summed E-state index contributed by atoms with van der Waals surface area (Å²) in [7, 11) is 2.28. The van der Waals surface area contributed by atoms with Gasteiger partial charge in [-0.1, -0.05) is 6.07 Å². The lowest BCUT2D eigenvalue weighted by atomic mass is 10.1. The molecule has 0 aromatic heterocycles. The third-order valence-corrected chi connectivity index (χ3v) is 2.48. The number of ether oxygens (including phenoxy) is 2. The van der Waals surface area contributed by atoms with Gasteiger partial charge in [-0.3, -0.25) is 9.59 Å². The highest BCUT2D eigenvalue weighted by Gasteiger charge is 2.25. The fraction of sp³-hybridized carbons (Fsp3) is 0.308. The highest BCUT2D eigenvalue weighted by molar-refractivity contribution is 5.97. The molecule has 0 aliphatic carbocycles. The number of nitrogens with one attached hydrogen (secondary N) is 1. The maximum absolute atomic E-state index is 13.0. The highest BCUT2D eigenvalue weighted by atomic mass is 19.1. The number of hydrogen-bond donors (Lipinski definition) is 1. The summed E-state index contributed by atoms with van der Waals surface area (Å²) in [5.74, 6) is -2.75. The maximum atomic E-state index is 13.0. The van der Waals surface area contributed by atoms with E-state index in [1.807, 2.05) is 0 Å². The smallest absolute Gasteiger partial charge is 0.328 e. The van der Waals surface area contributed by atoms with Crippen LogP contribution in [0.2, 0.25) is 0 Å². The summed E-state index contributed by atoms with van der Waals surface area (Å²) >= 11 is 0. The van der Waals surface area contributed by atoms with Gasteiger partial charge in [0.2, 0.25) is 0 Å². The van der Waals surface area contributed by atoms with Gasteiger partial charge >= 0.3 is 11.9 Å². The minimum Gasteiger partial charge on any atom is -0.469 e. The Morgan fingerprint density at radius 2 is 1.95 bits per heavy atom. The molecule has 1 aromatic rings. The Hall–Kier alpha value is -2.44. The van der Waals surface area contributed by atoms with Crippen LogP contribution in [-0.2, 0) is 19.1 Å². The first-order chi connectivity index (χ1) is 9.47. The second-order valence-corrected chi connectivity index (χ2v) is 3.84. The Balaban J connectivity index is 2.81. The zero-order valence-electron chi connectivity index (χ0n) is 11.0. The summed E-state index contributed by atoms with van der Waals surface area (Å²) in [6.07, 6.45) is -0.371. The molecule has 0 radical (unpaired) electrons.